The quantitative estimate of drug-likeness (QED) is 0.771. The Morgan fingerprint density at radius 2 is 2.18 bits per heavy atom. The first-order chi connectivity index (χ1) is 10.7. The maximum absolute atomic E-state index is 12.1. The lowest BCUT2D eigenvalue weighted by atomic mass is 10.2. The minimum Gasteiger partial charge on any atom is -0.494 e. The van der Waals surface area contributed by atoms with Gasteiger partial charge in [0.05, 0.1) is 12.2 Å². The summed E-state index contributed by atoms with van der Waals surface area (Å²) in [7, 11) is 0. The van der Waals surface area contributed by atoms with Crippen molar-refractivity contribution in [1.29, 1.82) is 0 Å². The van der Waals surface area contributed by atoms with Crippen molar-refractivity contribution in [3.05, 3.63) is 53.7 Å². The van der Waals surface area contributed by atoms with Crippen molar-refractivity contribution in [2.75, 3.05) is 12.3 Å². The van der Waals surface area contributed by atoms with Crippen LogP contribution in [-0.2, 0) is 6.54 Å². The van der Waals surface area contributed by atoms with E-state index in [1.54, 1.807) is 18.3 Å². The van der Waals surface area contributed by atoms with Crippen LogP contribution in [0.3, 0.4) is 0 Å². The molecule has 2 rings (SSSR count). The van der Waals surface area contributed by atoms with Gasteiger partial charge in [0.2, 0.25) is 0 Å². The van der Waals surface area contributed by atoms with Gasteiger partial charge in [0, 0.05) is 12.7 Å². The Kier molecular flexibility index (Phi) is 5.77. The lowest BCUT2D eigenvalue weighted by Crippen LogP contribution is -2.24. The third-order valence-corrected chi connectivity index (χ3v) is 3.20. The Bertz CT molecular complexity index is 629. The van der Waals surface area contributed by atoms with Gasteiger partial charge in [-0.1, -0.05) is 25.5 Å². The molecule has 0 atom stereocenters. The first-order valence-corrected chi connectivity index (χ1v) is 7.41. The highest BCUT2D eigenvalue weighted by Gasteiger charge is 2.09. The Morgan fingerprint density at radius 1 is 1.32 bits per heavy atom. The summed E-state index contributed by atoms with van der Waals surface area (Å²) in [5.74, 6) is 0.820. The number of anilines is 1. The molecule has 22 heavy (non-hydrogen) atoms. The molecule has 0 aliphatic heterocycles. The van der Waals surface area contributed by atoms with Gasteiger partial charge in [-0.2, -0.15) is 0 Å². The molecule has 0 saturated heterocycles. The second kappa shape index (κ2) is 8.02. The van der Waals surface area contributed by atoms with Crippen LogP contribution in [0.15, 0.2) is 42.6 Å². The van der Waals surface area contributed by atoms with Crippen molar-refractivity contribution < 1.29 is 9.53 Å². The van der Waals surface area contributed by atoms with E-state index in [0.717, 1.165) is 24.2 Å². The number of ether oxygens (including phenoxy) is 1. The lowest BCUT2D eigenvalue weighted by Gasteiger charge is -2.09. The number of nitrogens with one attached hydrogen (secondary N) is 1. The van der Waals surface area contributed by atoms with Crippen LogP contribution in [-0.4, -0.2) is 17.5 Å². The smallest absolute Gasteiger partial charge is 0.255 e. The van der Waals surface area contributed by atoms with Crippen LogP contribution < -0.4 is 15.8 Å². The molecule has 0 bridgehead atoms. The summed E-state index contributed by atoms with van der Waals surface area (Å²) in [4.78, 5) is 16.0. The molecule has 0 aliphatic rings. The highest BCUT2D eigenvalue weighted by Crippen LogP contribution is 2.14. The number of pyridine rings is 1. The monoisotopic (exact) mass is 299 g/mol. The molecule has 1 aromatic heterocycles. The number of nitrogens with zero attached hydrogens (tertiary/aromatic N) is 1. The molecule has 0 fully saturated rings. The second-order valence-corrected chi connectivity index (χ2v) is 4.97. The van der Waals surface area contributed by atoms with E-state index in [1.165, 1.54) is 0 Å². The van der Waals surface area contributed by atoms with Gasteiger partial charge in [0.15, 0.2) is 0 Å². The summed E-state index contributed by atoms with van der Waals surface area (Å²) >= 11 is 0. The number of aromatic nitrogens is 1. The predicted molar refractivity (Wildman–Crippen MR) is 86.7 cm³/mol. The maximum Gasteiger partial charge on any atom is 0.255 e. The number of rotatable bonds is 7. The van der Waals surface area contributed by atoms with Gasteiger partial charge in [-0.15, -0.1) is 0 Å². The Hall–Kier alpha value is -2.56. The lowest BCUT2D eigenvalue weighted by molar-refractivity contribution is 0.0951. The number of carbonyl (C=O) groups is 1. The van der Waals surface area contributed by atoms with E-state index in [2.05, 4.69) is 17.2 Å². The summed E-state index contributed by atoms with van der Waals surface area (Å²) in [5, 5.41) is 2.84. The van der Waals surface area contributed by atoms with Gasteiger partial charge >= 0.3 is 0 Å². The van der Waals surface area contributed by atoms with Crippen LogP contribution in [0.25, 0.3) is 0 Å². The average molecular weight is 299 g/mol. The first kappa shape index (κ1) is 15.8. The zero-order chi connectivity index (χ0) is 15.8. The molecule has 0 unspecified atom stereocenters. The van der Waals surface area contributed by atoms with E-state index in [9.17, 15) is 4.79 Å². The van der Waals surface area contributed by atoms with Crippen LogP contribution in [0.1, 0.15) is 35.7 Å². The molecular formula is C17H21N3O2. The van der Waals surface area contributed by atoms with E-state index in [-0.39, 0.29) is 11.7 Å². The third kappa shape index (κ3) is 4.48. The maximum atomic E-state index is 12.1. The van der Waals surface area contributed by atoms with Crippen LogP contribution in [0.4, 0.5) is 5.82 Å². The fraction of sp³-hybridized carbons (Fsp3) is 0.294. The number of hydrogen-bond acceptors (Lipinski definition) is 4. The molecule has 2 aromatic rings. The summed E-state index contributed by atoms with van der Waals surface area (Å²) in [5.41, 5.74) is 7.05. The van der Waals surface area contributed by atoms with Gasteiger partial charge in [0.25, 0.3) is 5.91 Å². The zero-order valence-corrected chi connectivity index (χ0v) is 12.7. The van der Waals surface area contributed by atoms with Crippen molar-refractivity contribution >= 4 is 11.7 Å². The molecular weight excluding hydrogens is 278 g/mol. The Labute approximate surface area is 130 Å². The van der Waals surface area contributed by atoms with Crippen molar-refractivity contribution in [3.8, 4) is 5.75 Å². The standard InChI is InChI=1S/C17H21N3O2/c1-2-3-10-22-14-7-4-6-13(11-14)12-20-17(21)15-8-5-9-19-16(15)18/h4-9,11H,2-3,10,12H2,1H3,(H2,18,19)(H,20,21). The van der Waals surface area contributed by atoms with E-state index in [1.807, 2.05) is 24.3 Å². The van der Waals surface area contributed by atoms with Gasteiger partial charge in [-0.25, -0.2) is 4.98 Å². The van der Waals surface area contributed by atoms with Gasteiger partial charge in [0.1, 0.15) is 11.6 Å². The largest absolute Gasteiger partial charge is 0.494 e. The number of benzene rings is 1. The number of nitrogens with two attached hydrogens (primary N) is 1. The van der Waals surface area contributed by atoms with E-state index < -0.39 is 0 Å². The molecule has 1 aromatic carbocycles. The molecule has 0 radical (unpaired) electrons. The van der Waals surface area contributed by atoms with Crippen LogP contribution >= 0.6 is 0 Å². The highest BCUT2D eigenvalue weighted by molar-refractivity contribution is 5.98. The van der Waals surface area contributed by atoms with Crippen molar-refractivity contribution in [2.24, 2.45) is 0 Å². The normalized spacial score (nSPS) is 10.2. The number of carbonyl (C=O) groups excluding carboxylic acids is 1. The molecule has 0 saturated carbocycles. The van der Waals surface area contributed by atoms with Gasteiger partial charge in [-0.05, 0) is 36.2 Å². The minimum atomic E-state index is -0.233. The van der Waals surface area contributed by atoms with E-state index in [0.29, 0.717) is 18.7 Å². The molecule has 1 amide bonds. The van der Waals surface area contributed by atoms with E-state index >= 15 is 0 Å². The number of amides is 1. The summed E-state index contributed by atoms with van der Waals surface area (Å²) < 4.78 is 5.65. The van der Waals surface area contributed by atoms with Crippen molar-refractivity contribution in [1.82, 2.24) is 10.3 Å². The molecule has 5 nitrogen and oxygen atoms in total. The SMILES string of the molecule is CCCCOc1cccc(CNC(=O)c2cccnc2N)c1. The molecule has 0 spiro atoms. The molecule has 116 valence electrons. The Balaban J connectivity index is 1.92. The van der Waals surface area contributed by atoms with Crippen LogP contribution in [0, 0.1) is 0 Å². The second-order valence-electron chi connectivity index (χ2n) is 4.97. The highest BCUT2D eigenvalue weighted by atomic mass is 16.5. The number of hydrogen-bond donors (Lipinski definition) is 2. The van der Waals surface area contributed by atoms with Crippen molar-refractivity contribution in [2.45, 2.75) is 26.3 Å². The van der Waals surface area contributed by atoms with Gasteiger partial charge < -0.3 is 15.8 Å². The molecule has 3 N–H and O–H groups in total. The zero-order valence-electron chi connectivity index (χ0n) is 12.7. The molecule has 5 heteroatoms. The minimum absolute atomic E-state index is 0.233. The van der Waals surface area contributed by atoms with E-state index in [4.69, 9.17) is 10.5 Å². The summed E-state index contributed by atoms with van der Waals surface area (Å²) in [6.07, 6.45) is 3.69. The van der Waals surface area contributed by atoms with Gasteiger partial charge in [-0.3, -0.25) is 4.79 Å². The fourth-order valence-corrected chi connectivity index (χ4v) is 1.97. The number of nitrogen functional groups attached to an aromatic ring is 1. The molecule has 0 aliphatic carbocycles. The number of unbranched alkanes of at least 4 members (excludes halogenated alkanes) is 1. The molecule has 1 heterocycles. The van der Waals surface area contributed by atoms with Crippen molar-refractivity contribution in [3.63, 3.8) is 0 Å². The Morgan fingerprint density at radius 3 is 2.95 bits per heavy atom. The predicted octanol–water partition coefficient (Wildman–Crippen LogP) is 2.77. The van der Waals surface area contributed by atoms with Crippen LogP contribution in [0.2, 0.25) is 0 Å². The summed E-state index contributed by atoms with van der Waals surface area (Å²) in [6.45, 7) is 3.25. The topological polar surface area (TPSA) is 77.2 Å². The first-order valence-electron chi connectivity index (χ1n) is 7.41. The fourth-order valence-electron chi connectivity index (χ4n) is 1.97. The van der Waals surface area contributed by atoms with Crippen LogP contribution in [0.5, 0.6) is 5.75 Å². The average Bonchev–Trinajstić information content (AvgIpc) is 2.54. The third-order valence-electron chi connectivity index (χ3n) is 3.20. The summed E-state index contributed by atoms with van der Waals surface area (Å²) in [6, 6.07) is 11.1.